The van der Waals surface area contributed by atoms with Gasteiger partial charge in [0.1, 0.15) is 5.76 Å². The van der Waals surface area contributed by atoms with Crippen molar-refractivity contribution in [2.24, 2.45) is 0 Å². The van der Waals surface area contributed by atoms with Gasteiger partial charge in [-0.1, -0.05) is 17.9 Å². The number of hydrogen-bond donors (Lipinski definition) is 1. The lowest BCUT2D eigenvalue weighted by molar-refractivity contribution is 0.582. The van der Waals surface area contributed by atoms with Gasteiger partial charge >= 0.3 is 0 Å². The highest BCUT2D eigenvalue weighted by Crippen LogP contribution is 2.29. The Labute approximate surface area is 179 Å². The molecule has 0 spiro atoms. The van der Waals surface area contributed by atoms with Crippen LogP contribution in [0, 0.1) is 11.8 Å². The molecule has 0 aliphatic carbocycles. The minimum absolute atomic E-state index is 0.681. The van der Waals surface area contributed by atoms with Crippen LogP contribution in [0.1, 0.15) is 22.4 Å². The summed E-state index contributed by atoms with van der Waals surface area (Å²) in [4.78, 5) is 16.2. The molecule has 0 bridgehead atoms. The molecule has 0 radical (unpaired) electrons. The molecule has 5 aromatic rings. The van der Waals surface area contributed by atoms with Gasteiger partial charge in [0.2, 0.25) is 0 Å². The Hall–Kier alpha value is -4.43. The molecule has 0 aromatic carbocycles. The number of aromatic amines is 1. The average Bonchev–Trinajstić information content (AvgIpc) is 3.50. The molecule has 31 heavy (non-hydrogen) atoms. The number of rotatable bonds is 4. The fraction of sp³-hybridized carbons (Fsp3) is 0.0385. The van der Waals surface area contributed by atoms with Gasteiger partial charge in [-0.3, -0.25) is 15.0 Å². The van der Waals surface area contributed by atoms with Crippen molar-refractivity contribution in [3.63, 3.8) is 0 Å². The van der Waals surface area contributed by atoms with Crippen LogP contribution in [0.3, 0.4) is 0 Å². The van der Waals surface area contributed by atoms with Gasteiger partial charge in [-0.05, 0) is 42.0 Å². The molecule has 0 unspecified atom stereocenters. The van der Waals surface area contributed by atoms with Crippen LogP contribution >= 0.6 is 0 Å². The summed E-state index contributed by atoms with van der Waals surface area (Å²) in [5.41, 5.74) is 6.94. The zero-order valence-electron chi connectivity index (χ0n) is 16.6. The molecule has 0 aliphatic rings. The molecule has 0 amide bonds. The summed E-state index contributed by atoms with van der Waals surface area (Å²) >= 11 is 0. The van der Waals surface area contributed by atoms with E-state index in [1.54, 1.807) is 24.9 Å². The van der Waals surface area contributed by atoms with Crippen molar-refractivity contribution in [3.8, 4) is 34.3 Å². The maximum Gasteiger partial charge on any atom is 0.135 e. The van der Waals surface area contributed by atoms with E-state index < -0.39 is 0 Å². The molecule has 5 nitrogen and oxygen atoms in total. The Morgan fingerprint density at radius 3 is 2.48 bits per heavy atom. The first-order valence-corrected chi connectivity index (χ1v) is 9.87. The summed E-state index contributed by atoms with van der Waals surface area (Å²) in [5.74, 6) is 7.29. The number of nitrogens with one attached hydrogen (secondary N) is 1. The van der Waals surface area contributed by atoms with E-state index in [0.29, 0.717) is 6.42 Å². The fourth-order valence-corrected chi connectivity index (χ4v) is 3.49. The summed E-state index contributed by atoms with van der Waals surface area (Å²) in [6.07, 6.45) is 15.1. The third-order valence-electron chi connectivity index (χ3n) is 4.90. The maximum absolute atomic E-state index is 5.52. The first kappa shape index (κ1) is 18.6. The van der Waals surface area contributed by atoms with Gasteiger partial charge in [0.25, 0.3) is 0 Å². The van der Waals surface area contributed by atoms with Gasteiger partial charge in [0.05, 0.1) is 11.8 Å². The number of H-pyrrole nitrogens is 1. The summed E-state index contributed by atoms with van der Waals surface area (Å²) in [5, 5.41) is 0. The van der Waals surface area contributed by atoms with Crippen LogP contribution in [0.2, 0.25) is 0 Å². The van der Waals surface area contributed by atoms with Crippen LogP contribution in [-0.2, 0) is 6.42 Å². The quantitative estimate of drug-likeness (QED) is 0.424. The second-order valence-corrected chi connectivity index (χ2v) is 7.03. The third-order valence-corrected chi connectivity index (χ3v) is 4.90. The van der Waals surface area contributed by atoms with Crippen molar-refractivity contribution < 1.29 is 4.42 Å². The zero-order chi connectivity index (χ0) is 20.9. The second kappa shape index (κ2) is 8.52. The minimum atomic E-state index is 0.681. The Kier molecular flexibility index (Phi) is 5.11. The van der Waals surface area contributed by atoms with Crippen LogP contribution in [0.15, 0.2) is 96.5 Å². The predicted molar refractivity (Wildman–Crippen MR) is 119 cm³/mol. The summed E-state index contributed by atoms with van der Waals surface area (Å²) in [7, 11) is 0. The van der Waals surface area contributed by atoms with Gasteiger partial charge in [-0.2, -0.15) is 0 Å². The van der Waals surface area contributed by atoms with Gasteiger partial charge in [0.15, 0.2) is 0 Å². The van der Waals surface area contributed by atoms with Crippen molar-refractivity contribution in [2.75, 3.05) is 0 Å². The van der Waals surface area contributed by atoms with Crippen molar-refractivity contribution in [1.29, 1.82) is 0 Å². The smallest absolute Gasteiger partial charge is 0.135 e. The van der Waals surface area contributed by atoms with Crippen LogP contribution < -0.4 is 0 Å². The Morgan fingerprint density at radius 1 is 0.839 bits per heavy atom. The highest BCUT2D eigenvalue weighted by Gasteiger charge is 2.14. The van der Waals surface area contributed by atoms with E-state index in [9.17, 15) is 0 Å². The molecule has 5 aromatic heterocycles. The molecule has 5 heteroatoms. The summed E-state index contributed by atoms with van der Waals surface area (Å²) < 4.78 is 5.52. The van der Waals surface area contributed by atoms with Crippen LogP contribution in [0.4, 0.5) is 0 Å². The van der Waals surface area contributed by atoms with Crippen LogP contribution in [-0.4, -0.2) is 19.9 Å². The van der Waals surface area contributed by atoms with Gasteiger partial charge in [0, 0.05) is 77.7 Å². The lowest BCUT2D eigenvalue weighted by Crippen LogP contribution is -1.94. The second-order valence-electron chi connectivity index (χ2n) is 7.03. The van der Waals surface area contributed by atoms with Crippen molar-refractivity contribution >= 4 is 0 Å². The van der Waals surface area contributed by atoms with E-state index in [1.807, 2.05) is 61.2 Å². The summed E-state index contributed by atoms with van der Waals surface area (Å²) in [6, 6.07) is 13.7. The first-order valence-electron chi connectivity index (χ1n) is 9.87. The number of nitrogens with zero attached hydrogens (tertiary/aromatic N) is 3. The van der Waals surface area contributed by atoms with Gasteiger partial charge < -0.3 is 9.40 Å². The molecule has 0 saturated carbocycles. The first-order chi connectivity index (χ1) is 15.4. The van der Waals surface area contributed by atoms with Crippen LogP contribution in [0.5, 0.6) is 0 Å². The lowest BCUT2D eigenvalue weighted by Gasteiger charge is -2.07. The van der Waals surface area contributed by atoms with E-state index in [0.717, 1.165) is 44.8 Å². The van der Waals surface area contributed by atoms with E-state index >= 15 is 0 Å². The van der Waals surface area contributed by atoms with E-state index in [1.165, 1.54) is 0 Å². The molecule has 148 valence electrons. The Balaban J connectivity index is 1.53. The highest BCUT2D eigenvalue weighted by atomic mass is 16.3. The topological polar surface area (TPSA) is 67.6 Å². The van der Waals surface area contributed by atoms with E-state index in [2.05, 4.69) is 37.8 Å². The van der Waals surface area contributed by atoms with Crippen molar-refractivity contribution in [2.45, 2.75) is 6.42 Å². The van der Waals surface area contributed by atoms with Crippen molar-refractivity contribution in [1.82, 2.24) is 19.9 Å². The molecule has 0 fully saturated rings. The van der Waals surface area contributed by atoms with E-state index in [-0.39, 0.29) is 0 Å². The van der Waals surface area contributed by atoms with Crippen LogP contribution in [0.25, 0.3) is 22.5 Å². The average molecular weight is 402 g/mol. The number of aromatic nitrogens is 4. The maximum atomic E-state index is 5.52. The molecule has 5 heterocycles. The number of furan rings is 1. The SMILES string of the molecule is C(#Cc1c[nH]c(Cc2cncc(-c3ccco3)c2)c1-c1cccnc1)c1cccnc1. The predicted octanol–water partition coefficient (Wildman–Crippen LogP) is 5.12. The standard InChI is InChI=1S/C26H18N4O/c1-4-19(14-27-9-1)7-8-22-18-30-24(26(22)21-5-2-10-28-16-21)13-20-12-23(17-29-15-20)25-6-3-11-31-25/h1-6,9-12,14-18,30H,13H2. The minimum Gasteiger partial charge on any atom is -0.464 e. The normalized spacial score (nSPS) is 10.5. The molecule has 5 rings (SSSR count). The Morgan fingerprint density at radius 2 is 1.71 bits per heavy atom. The molecule has 0 aliphatic heterocycles. The highest BCUT2D eigenvalue weighted by molar-refractivity contribution is 5.74. The molecule has 1 N–H and O–H groups in total. The number of pyridine rings is 3. The van der Waals surface area contributed by atoms with Crippen molar-refractivity contribution in [3.05, 3.63) is 114 Å². The largest absolute Gasteiger partial charge is 0.464 e. The van der Waals surface area contributed by atoms with E-state index in [4.69, 9.17) is 4.42 Å². The number of hydrogen-bond acceptors (Lipinski definition) is 4. The third kappa shape index (κ3) is 4.14. The molecule has 0 saturated heterocycles. The molecular weight excluding hydrogens is 384 g/mol. The Bertz CT molecular complexity index is 1350. The zero-order valence-corrected chi connectivity index (χ0v) is 16.6. The fourth-order valence-electron chi connectivity index (χ4n) is 3.49. The van der Waals surface area contributed by atoms with Gasteiger partial charge in [-0.25, -0.2) is 0 Å². The monoisotopic (exact) mass is 402 g/mol. The molecule has 0 atom stereocenters. The summed E-state index contributed by atoms with van der Waals surface area (Å²) in [6.45, 7) is 0. The lowest BCUT2D eigenvalue weighted by atomic mass is 9.99. The molecular formula is C26H18N4O. The van der Waals surface area contributed by atoms with Gasteiger partial charge in [-0.15, -0.1) is 0 Å².